The van der Waals surface area contributed by atoms with E-state index in [2.05, 4.69) is 5.32 Å². The summed E-state index contributed by atoms with van der Waals surface area (Å²) in [5.74, 6) is -1.06. The fourth-order valence-electron chi connectivity index (χ4n) is 4.76. The minimum Gasteiger partial charge on any atom is -0.492 e. The largest absolute Gasteiger partial charge is 0.492 e. The topological polar surface area (TPSA) is 83.8 Å². The highest BCUT2D eigenvalue weighted by Gasteiger charge is 2.39. The number of aromatic carboxylic acids is 1. The fraction of sp³-hybridized carbons (Fsp3) is 0.500. The van der Waals surface area contributed by atoms with Crippen molar-refractivity contribution in [3.05, 3.63) is 33.9 Å². The van der Waals surface area contributed by atoms with Crippen molar-refractivity contribution in [2.45, 2.75) is 31.3 Å². The average Bonchev–Trinajstić information content (AvgIpc) is 3.28. The predicted octanol–water partition coefficient (Wildman–Crippen LogP) is 1.98. The van der Waals surface area contributed by atoms with Gasteiger partial charge in [-0.05, 0) is 37.8 Å². The summed E-state index contributed by atoms with van der Waals surface area (Å²) >= 11 is 0. The van der Waals surface area contributed by atoms with Crippen LogP contribution < -0.4 is 20.4 Å². The van der Waals surface area contributed by atoms with Gasteiger partial charge in [0.25, 0.3) is 0 Å². The summed E-state index contributed by atoms with van der Waals surface area (Å²) in [5.41, 5.74) is -0.166. The Morgan fingerprint density at radius 1 is 1.32 bits per heavy atom. The number of halogens is 1. The predicted molar refractivity (Wildman–Crippen MR) is 102 cm³/mol. The number of fused-ring (bicyclic) bond motifs is 2. The zero-order chi connectivity index (χ0) is 19.6. The van der Waals surface area contributed by atoms with E-state index in [9.17, 15) is 14.7 Å². The van der Waals surface area contributed by atoms with E-state index < -0.39 is 17.2 Å². The van der Waals surface area contributed by atoms with Crippen LogP contribution in [0.15, 0.2) is 17.1 Å². The second-order valence-corrected chi connectivity index (χ2v) is 7.97. The number of carboxylic acids is 1. The molecule has 0 radical (unpaired) electrons. The number of carboxylic acid groups (broad SMARTS) is 1. The number of hydrogen-bond acceptors (Lipinski definition) is 5. The van der Waals surface area contributed by atoms with Crippen molar-refractivity contribution in [1.29, 1.82) is 0 Å². The highest BCUT2D eigenvalue weighted by atomic mass is 19.1. The number of nitrogens with zero attached hydrogens (tertiary/aromatic N) is 2. The van der Waals surface area contributed by atoms with Crippen LogP contribution >= 0.6 is 0 Å². The maximum Gasteiger partial charge on any atom is 0.341 e. The lowest BCUT2D eigenvalue weighted by Crippen LogP contribution is -2.31. The number of ether oxygens (including phenoxy) is 1. The third kappa shape index (κ3) is 2.51. The Hall–Kier alpha value is -2.61. The van der Waals surface area contributed by atoms with Crippen molar-refractivity contribution in [3.63, 3.8) is 0 Å². The number of rotatable bonds is 4. The van der Waals surface area contributed by atoms with Crippen molar-refractivity contribution in [3.8, 4) is 5.75 Å². The Balaban J connectivity index is 1.76. The molecule has 2 atom stereocenters. The van der Waals surface area contributed by atoms with Gasteiger partial charge in [-0.15, -0.1) is 0 Å². The highest BCUT2D eigenvalue weighted by Crippen LogP contribution is 2.45. The first kappa shape index (κ1) is 17.5. The van der Waals surface area contributed by atoms with Gasteiger partial charge in [-0.3, -0.25) is 4.79 Å². The zero-order valence-electron chi connectivity index (χ0n) is 15.6. The summed E-state index contributed by atoms with van der Waals surface area (Å²) in [7, 11) is 1.47. The van der Waals surface area contributed by atoms with Crippen LogP contribution in [0.4, 0.5) is 10.1 Å². The van der Waals surface area contributed by atoms with Crippen LogP contribution in [-0.4, -0.2) is 48.4 Å². The molecule has 1 aromatic carbocycles. The van der Waals surface area contributed by atoms with Crippen molar-refractivity contribution in [1.82, 2.24) is 9.88 Å². The average molecular weight is 387 g/mol. The number of pyridine rings is 1. The number of benzene rings is 1. The van der Waals surface area contributed by atoms with Crippen molar-refractivity contribution >= 4 is 22.6 Å². The first-order valence-electron chi connectivity index (χ1n) is 9.66. The molecule has 2 saturated heterocycles. The van der Waals surface area contributed by atoms with Crippen LogP contribution in [0.5, 0.6) is 5.75 Å². The molecule has 3 fully saturated rings. The SMILES string of the molecule is COc1c(N2C[C@@H]3CCN[C@@H]3C2)c(F)cc2c(=O)c(C(=O)O)cn(C3CC3)c12. The minimum atomic E-state index is -1.30. The van der Waals surface area contributed by atoms with Crippen molar-refractivity contribution in [2.24, 2.45) is 5.92 Å². The van der Waals surface area contributed by atoms with Gasteiger partial charge in [0, 0.05) is 31.4 Å². The molecule has 1 aliphatic carbocycles. The zero-order valence-corrected chi connectivity index (χ0v) is 15.6. The van der Waals surface area contributed by atoms with Crippen LogP contribution in [-0.2, 0) is 0 Å². The number of carbonyl (C=O) groups is 1. The fourth-order valence-corrected chi connectivity index (χ4v) is 4.76. The molecule has 8 heteroatoms. The van der Waals surface area contributed by atoms with Gasteiger partial charge in [0.2, 0.25) is 5.43 Å². The summed E-state index contributed by atoms with van der Waals surface area (Å²) in [6.07, 6.45) is 4.23. The van der Waals surface area contributed by atoms with Crippen LogP contribution in [0.25, 0.3) is 10.9 Å². The van der Waals surface area contributed by atoms with E-state index in [-0.39, 0.29) is 17.0 Å². The molecule has 5 rings (SSSR count). The lowest BCUT2D eigenvalue weighted by atomic mass is 10.1. The quantitative estimate of drug-likeness (QED) is 0.835. The number of hydrogen-bond donors (Lipinski definition) is 2. The molecular formula is C20H22FN3O4. The Kier molecular flexibility index (Phi) is 3.87. The maximum atomic E-state index is 15.2. The third-order valence-corrected chi connectivity index (χ3v) is 6.25. The molecule has 3 heterocycles. The molecule has 1 saturated carbocycles. The molecule has 0 amide bonds. The number of methoxy groups -OCH3 is 1. The van der Waals surface area contributed by atoms with Gasteiger partial charge in [0.15, 0.2) is 11.6 Å². The van der Waals surface area contributed by atoms with Crippen molar-refractivity contribution < 1.29 is 19.0 Å². The second-order valence-electron chi connectivity index (χ2n) is 7.97. The molecule has 148 valence electrons. The second kappa shape index (κ2) is 6.20. The van der Waals surface area contributed by atoms with Crippen LogP contribution in [0.2, 0.25) is 0 Å². The first-order valence-corrected chi connectivity index (χ1v) is 9.66. The Labute approximate surface area is 160 Å². The molecule has 28 heavy (non-hydrogen) atoms. The van der Waals surface area contributed by atoms with Crippen LogP contribution in [0.3, 0.4) is 0 Å². The lowest BCUT2D eigenvalue weighted by Gasteiger charge is -2.25. The van der Waals surface area contributed by atoms with Gasteiger partial charge < -0.3 is 24.6 Å². The number of aromatic nitrogens is 1. The summed E-state index contributed by atoms with van der Waals surface area (Å²) in [5, 5.41) is 12.9. The first-order chi connectivity index (χ1) is 13.5. The standard InChI is InChI=1S/C20H22FN3O4/c1-28-19-16-12(18(25)13(20(26)27)8-24(16)11-2-3-11)6-14(21)17(19)23-7-10-4-5-22-15(10)9-23/h6,8,10-11,15,22H,2-5,7,9H2,1H3,(H,26,27)/t10-,15+/m0/s1. The molecule has 0 bridgehead atoms. The number of nitrogens with one attached hydrogen (secondary N) is 1. The lowest BCUT2D eigenvalue weighted by molar-refractivity contribution is 0.0695. The molecule has 3 aliphatic rings. The van der Waals surface area contributed by atoms with Crippen LogP contribution in [0.1, 0.15) is 35.7 Å². The van der Waals surface area contributed by atoms with E-state index in [4.69, 9.17) is 4.74 Å². The highest BCUT2D eigenvalue weighted by molar-refractivity contribution is 5.97. The molecule has 0 unspecified atom stereocenters. The van der Waals surface area contributed by atoms with E-state index >= 15 is 4.39 Å². The smallest absolute Gasteiger partial charge is 0.341 e. The maximum absolute atomic E-state index is 15.2. The summed E-state index contributed by atoms with van der Waals surface area (Å²) in [6.45, 7) is 2.40. The minimum absolute atomic E-state index is 0.0578. The van der Waals surface area contributed by atoms with Gasteiger partial charge in [0.1, 0.15) is 11.3 Å². The molecule has 1 aromatic heterocycles. The van der Waals surface area contributed by atoms with Crippen LogP contribution in [0, 0.1) is 11.7 Å². The molecule has 0 spiro atoms. The molecule has 7 nitrogen and oxygen atoms in total. The van der Waals surface area contributed by atoms with E-state index in [0.29, 0.717) is 35.5 Å². The monoisotopic (exact) mass is 387 g/mol. The molecule has 2 aromatic rings. The van der Waals surface area contributed by atoms with Gasteiger partial charge in [-0.25, -0.2) is 9.18 Å². The van der Waals surface area contributed by atoms with Gasteiger partial charge >= 0.3 is 5.97 Å². The van der Waals surface area contributed by atoms with E-state index in [1.54, 1.807) is 4.57 Å². The third-order valence-electron chi connectivity index (χ3n) is 6.25. The summed E-state index contributed by atoms with van der Waals surface area (Å²) < 4.78 is 22.6. The van der Waals surface area contributed by atoms with Crippen molar-refractivity contribution in [2.75, 3.05) is 31.6 Å². The summed E-state index contributed by atoms with van der Waals surface area (Å²) in [6, 6.07) is 1.62. The van der Waals surface area contributed by atoms with E-state index in [1.165, 1.54) is 19.4 Å². The Morgan fingerprint density at radius 3 is 2.75 bits per heavy atom. The van der Waals surface area contributed by atoms with Gasteiger partial charge in [0.05, 0.1) is 18.0 Å². The van der Waals surface area contributed by atoms with E-state index in [1.807, 2.05) is 4.90 Å². The van der Waals surface area contributed by atoms with Gasteiger partial charge in [-0.1, -0.05) is 0 Å². The summed E-state index contributed by atoms with van der Waals surface area (Å²) in [4.78, 5) is 26.3. The number of anilines is 1. The molecule has 2 N–H and O–H groups in total. The molecule has 2 aliphatic heterocycles. The van der Waals surface area contributed by atoms with E-state index in [0.717, 1.165) is 32.4 Å². The molecular weight excluding hydrogens is 365 g/mol. The van der Waals surface area contributed by atoms with Gasteiger partial charge in [-0.2, -0.15) is 0 Å². The normalized spacial score (nSPS) is 24.0. The Morgan fingerprint density at radius 2 is 2.11 bits per heavy atom. The Bertz CT molecular complexity index is 1030.